The fourth-order valence-electron chi connectivity index (χ4n) is 0.968. The summed E-state index contributed by atoms with van der Waals surface area (Å²) in [5, 5.41) is 0.159. The van der Waals surface area contributed by atoms with Crippen molar-refractivity contribution >= 4 is 27.5 Å². The third-order valence-corrected chi connectivity index (χ3v) is 2.32. The number of halogens is 4. The van der Waals surface area contributed by atoms with Gasteiger partial charge in [0.1, 0.15) is 0 Å². The van der Waals surface area contributed by atoms with Crippen LogP contribution in [-0.4, -0.2) is 18.5 Å². The molecule has 0 N–H and O–H groups in total. The van der Waals surface area contributed by atoms with E-state index in [1.165, 1.54) is 19.4 Å². The molecule has 2 nitrogen and oxygen atoms in total. The van der Waals surface area contributed by atoms with Crippen molar-refractivity contribution in [2.24, 2.45) is 0 Å². The van der Waals surface area contributed by atoms with Crippen LogP contribution in [-0.2, 0) is 4.74 Å². The van der Waals surface area contributed by atoms with Gasteiger partial charge in [0.25, 0.3) is 6.43 Å². The molecule has 0 fully saturated rings. The Morgan fingerprint density at radius 3 is 2.64 bits per heavy atom. The van der Waals surface area contributed by atoms with E-state index >= 15 is 0 Å². The van der Waals surface area contributed by atoms with E-state index in [-0.39, 0.29) is 10.7 Å². The number of pyridine rings is 1. The van der Waals surface area contributed by atoms with Crippen molar-refractivity contribution in [3.05, 3.63) is 27.5 Å². The Hall–Kier alpha value is -0.260. The number of nitrogens with zero attached hydrogens (tertiary/aromatic N) is 1. The van der Waals surface area contributed by atoms with E-state index in [4.69, 9.17) is 11.6 Å². The third kappa shape index (κ3) is 2.62. The van der Waals surface area contributed by atoms with Gasteiger partial charge >= 0.3 is 0 Å². The molecule has 0 saturated carbocycles. The minimum atomic E-state index is -2.65. The molecule has 0 amide bonds. The first kappa shape index (κ1) is 11.8. The first-order valence-corrected chi connectivity index (χ1v) is 4.85. The van der Waals surface area contributed by atoms with Gasteiger partial charge in [-0.25, -0.2) is 8.78 Å². The molecule has 0 aliphatic rings. The average Bonchev–Trinajstić information content (AvgIpc) is 2.09. The standard InChI is InChI=1S/C8H7BrClF2NO/c1-14-7(8(11)12)6-5(10)2-4(9)3-13-6/h2-3,7-8H,1H3. The fourth-order valence-corrected chi connectivity index (χ4v) is 1.71. The number of methoxy groups -OCH3 is 1. The van der Waals surface area contributed by atoms with Gasteiger partial charge in [0.05, 0.1) is 10.7 Å². The Morgan fingerprint density at radius 2 is 2.21 bits per heavy atom. The first-order valence-electron chi connectivity index (χ1n) is 3.68. The lowest BCUT2D eigenvalue weighted by Gasteiger charge is -2.14. The van der Waals surface area contributed by atoms with Crippen LogP contribution in [0.25, 0.3) is 0 Å². The van der Waals surface area contributed by atoms with Gasteiger partial charge in [-0.3, -0.25) is 4.98 Å². The predicted octanol–water partition coefficient (Wildman–Crippen LogP) is 3.45. The molecule has 0 aliphatic carbocycles. The molecule has 0 spiro atoms. The summed E-state index contributed by atoms with van der Waals surface area (Å²) in [6, 6.07) is 1.50. The van der Waals surface area contributed by atoms with Gasteiger partial charge in [-0.05, 0) is 22.0 Å². The van der Waals surface area contributed by atoms with E-state index in [9.17, 15) is 8.78 Å². The monoisotopic (exact) mass is 285 g/mol. The number of alkyl halides is 2. The summed E-state index contributed by atoms with van der Waals surface area (Å²) >= 11 is 8.87. The minimum absolute atomic E-state index is 0.0485. The third-order valence-electron chi connectivity index (χ3n) is 1.59. The van der Waals surface area contributed by atoms with Gasteiger partial charge in [-0.15, -0.1) is 0 Å². The first-order chi connectivity index (χ1) is 6.56. The largest absolute Gasteiger partial charge is 0.369 e. The van der Waals surface area contributed by atoms with Crippen LogP contribution in [0.1, 0.15) is 11.8 Å². The Kier molecular flexibility index (Phi) is 4.22. The lowest BCUT2D eigenvalue weighted by atomic mass is 10.2. The van der Waals surface area contributed by atoms with Crippen molar-refractivity contribution in [3.8, 4) is 0 Å². The van der Waals surface area contributed by atoms with Crippen molar-refractivity contribution < 1.29 is 13.5 Å². The van der Waals surface area contributed by atoms with Gasteiger partial charge in [-0.1, -0.05) is 11.6 Å². The second-order valence-corrected chi connectivity index (χ2v) is 3.83. The zero-order valence-corrected chi connectivity index (χ0v) is 9.52. The van der Waals surface area contributed by atoms with Crippen molar-refractivity contribution in [3.63, 3.8) is 0 Å². The Balaban J connectivity index is 3.04. The van der Waals surface area contributed by atoms with Crippen LogP contribution in [0.4, 0.5) is 8.78 Å². The number of ether oxygens (including phenoxy) is 1. The molecule has 0 aliphatic heterocycles. The number of hydrogen-bond donors (Lipinski definition) is 0. The van der Waals surface area contributed by atoms with E-state index in [1.54, 1.807) is 0 Å². The molecule has 78 valence electrons. The molecule has 1 unspecified atom stereocenters. The normalized spacial score (nSPS) is 13.3. The fraction of sp³-hybridized carbons (Fsp3) is 0.375. The minimum Gasteiger partial charge on any atom is -0.369 e. The molecule has 0 bridgehead atoms. The van der Waals surface area contributed by atoms with Gasteiger partial charge in [0.2, 0.25) is 0 Å². The Bertz CT molecular complexity index is 324. The van der Waals surface area contributed by atoms with Crippen LogP contribution in [0.15, 0.2) is 16.7 Å². The van der Waals surface area contributed by atoms with Gasteiger partial charge in [0, 0.05) is 17.8 Å². The molecule has 1 rings (SSSR count). The highest BCUT2D eigenvalue weighted by molar-refractivity contribution is 9.10. The smallest absolute Gasteiger partial charge is 0.270 e. The highest BCUT2D eigenvalue weighted by atomic mass is 79.9. The topological polar surface area (TPSA) is 22.1 Å². The predicted molar refractivity (Wildman–Crippen MR) is 52.7 cm³/mol. The summed E-state index contributed by atoms with van der Waals surface area (Å²) in [7, 11) is 1.19. The molecule has 6 heteroatoms. The molecule has 0 radical (unpaired) electrons. The molecule has 0 aromatic carbocycles. The summed E-state index contributed by atoms with van der Waals surface area (Å²) in [5.74, 6) is 0. The lowest BCUT2D eigenvalue weighted by Crippen LogP contribution is -2.13. The molecule has 14 heavy (non-hydrogen) atoms. The van der Waals surface area contributed by atoms with E-state index in [1.807, 2.05) is 0 Å². The average molecular weight is 287 g/mol. The van der Waals surface area contributed by atoms with Crippen molar-refractivity contribution in [2.75, 3.05) is 7.11 Å². The molecular formula is C8H7BrClF2NO. The Labute approximate surface area is 93.4 Å². The molecule has 1 aromatic heterocycles. The zero-order chi connectivity index (χ0) is 10.7. The summed E-state index contributed by atoms with van der Waals surface area (Å²) in [6.07, 6.45) is -2.63. The Morgan fingerprint density at radius 1 is 1.57 bits per heavy atom. The molecular weight excluding hydrogens is 279 g/mol. The lowest BCUT2D eigenvalue weighted by molar-refractivity contribution is -0.0365. The summed E-state index contributed by atoms with van der Waals surface area (Å²) in [6.45, 7) is 0. The van der Waals surface area contributed by atoms with Crippen LogP contribution in [0.5, 0.6) is 0 Å². The zero-order valence-electron chi connectivity index (χ0n) is 7.18. The van der Waals surface area contributed by atoms with Crippen LogP contribution >= 0.6 is 27.5 Å². The second-order valence-electron chi connectivity index (χ2n) is 2.51. The molecule has 1 aromatic rings. The maximum absolute atomic E-state index is 12.4. The van der Waals surface area contributed by atoms with E-state index in [0.29, 0.717) is 4.47 Å². The second kappa shape index (κ2) is 5.00. The summed E-state index contributed by atoms with van der Waals surface area (Å²) in [5.41, 5.74) is 0.0485. The molecule has 0 saturated heterocycles. The summed E-state index contributed by atoms with van der Waals surface area (Å²) < 4.78 is 30.1. The van der Waals surface area contributed by atoms with Gasteiger partial charge in [0.15, 0.2) is 6.10 Å². The molecule has 1 heterocycles. The van der Waals surface area contributed by atoms with E-state index in [2.05, 4.69) is 25.7 Å². The van der Waals surface area contributed by atoms with Gasteiger partial charge < -0.3 is 4.74 Å². The summed E-state index contributed by atoms with van der Waals surface area (Å²) in [4.78, 5) is 3.79. The molecule has 1 atom stereocenters. The van der Waals surface area contributed by atoms with E-state index < -0.39 is 12.5 Å². The quantitative estimate of drug-likeness (QED) is 0.849. The van der Waals surface area contributed by atoms with Gasteiger partial charge in [-0.2, -0.15) is 0 Å². The highest BCUT2D eigenvalue weighted by Crippen LogP contribution is 2.29. The number of aromatic nitrogens is 1. The number of hydrogen-bond acceptors (Lipinski definition) is 2. The van der Waals surface area contributed by atoms with Crippen molar-refractivity contribution in [1.29, 1.82) is 0 Å². The SMILES string of the molecule is COC(c1ncc(Br)cc1Cl)C(F)F. The van der Waals surface area contributed by atoms with Crippen LogP contribution in [0, 0.1) is 0 Å². The van der Waals surface area contributed by atoms with Crippen LogP contribution in [0.3, 0.4) is 0 Å². The van der Waals surface area contributed by atoms with Crippen LogP contribution in [0.2, 0.25) is 5.02 Å². The van der Waals surface area contributed by atoms with E-state index in [0.717, 1.165) is 0 Å². The maximum Gasteiger partial charge on any atom is 0.270 e. The number of rotatable bonds is 3. The van der Waals surface area contributed by atoms with Crippen molar-refractivity contribution in [2.45, 2.75) is 12.5 Å². The van der Waals surface area contributed by atoms with Crippen molar-refractivity contribution in [1.82, 2.24) is 4.98 Å². The maximum atomic E-state index is 12.4. The van der Waals surface area contributed by atoms with Crippen LogP contribution < -0.4 is 0 Å². The highest BCUT2D eigenvalue weighted by Gasteiger charge is 2.25.